The van der Waals surface area contributed by atoms with Gasteiger partial charge in [0.2, 0.25) is 0 Å². The van der Waals surface area contributed by atoms with Crippen LogP contribution in [0.25, 0.3) is 0 Å². The molecule has 0 unspecified atom stereocenters. The molecule has 0 atom stereocenters. The molecule has 1 amide bonds. The topological polar surface area (TPSA) is 72.9 Å². The fourth-order valence-electron chi connectivity index (χ4n) is 2.86. The molecule has 2 rings (SSSR count). The Morgan fingerprint density at radius 2 is 1.34 bits per heavy atom. The lowest BCUT2D eigenvalue weighted by molar-refractivity contribution is 0.126. The second-order valence-corrected chi connectivity index (χ2v) is 9.04. The summed E-state index contributed by atoms with van der Waals surface area (Å²) in [5, 5.41) is 0. The number of anilines is 1. The molecular formula is C22H29NO5S. The Morgan fingerprint density at radius 3 is 1.79 bits per heavy atom. The van der Waals surface area contributed by atoms with E-state index < -0.39 is 22.5 Å². The van der Waals surface area contributed by atoms with E-state index in [0.717, 1.165) is 11.1 Å². The minimum atomic E-state index is -4.53. The van der Waals surface area contributed by atoms with Gasteiger partial charge in [0, 0.05) is 0 Å². The molecule has 2 aromatic carbocycles. The van der Waals surface area contributed by atoms with Crippen LogP contribution in [0.1, 0.15) is 64.5 Å². The Bertz CT molecular complexity index is 911. The van der Waals surface area contributed by atoms with Crippen LogP contribution < -0.4 is 8.49 Å². The number of benzene rings is 2. The molecule has 6 nitrogen and oxygen atoms in total. The van der Waals surface area contributed by atoms with E-state index in [-0.39, 0.29) is 23.3 Å². The van der Waals surface area contributed by atoms with E-state index in [2.05, 4.69) is 0 Å². The zero-order valence-electron chi connectivity index (χ0n) is 17.7. The summed E-state index contributed by atoms with van der Waals surface area (Å²) in [6.45, 7) is 11.1. The number of carbonyl (C=O) groups excluding carboxylic acids is 1. The first-order chi connectivity index (χ1) is 13.5. The van der Waals surface area contributed by atoms with E-state index in [9.17, 15) is 13.2 Å². The van der Waals surface area contributed by atoms with Crippen molar-refractivity contribution in [3.8, 4) is 5.75 Å². The summed E-state index contributed by atoms with van der Waals surface area (Å²) in [4.78, 5) is 12.7. The van der Waals surface area contributed by atoms with E-state index in [0.29, 0.717) is 4.31 Å². The quantitative estimate of drug-likeness (QED) is 0.583. The van der Waals surface area contributed by atoms with Crippen LogP contribution in [-0.4, -0.2) is 20.6 Å². The van der Waals surface area contributed by atoms with Crippen LogP contribution >= 0.6 is 0 Å². The number of amides is 1. The van der Waals surface area contributed by atoms with Crippen molar-refractivity contribution in [2.45, 2.75) is 59.5 Å². The molecule has 158 valence electrons. The van der Waals surface area contributed by atoms with Crippen molar-refractivity contribution in [1.82, 2.24) is 0 Å². The van der Waals surface area contributed by atoms with Crippen LogP contribution in [0.3, 0.4) is 0 Å². The van der Waals surface area contributed by atoms with Crippen molar-refractivity contribution in [2.24, 2.45) is 0 Å². The van der Waals surface area contributed by atoms with E-state index in [1.807, 2.05) is 45.9 Å². The molecule has 0 aliphatic rings. The average molecular weight is 420 g/mol. The maximum absolute atomic E-state index is 13.3. The van der Waals surface area contributed by atoms with Gasteiger partial charge in [0.05, 0.1) is 11.8 Å². The normalized spacial score (nSPS) is 11.8. The number of nitrogens with zero attached hydrogens (tertiary/aromatic N) is 1. The zero-order chi connectivity index (χ0) is 21.8. The molecule has 0 aliphatic carbocycles. The fraction of sp³-hybridized carbons (Fsp3) is 0.409. The highest BCUT2D eigenvalue weighted by Crippen LogP contribution is 2.36. The third kappa shape index (κ3) is 5.50. The van der Waals surface area contributed by atoms with E-state index >= 15 is 0 Å². The van der Waals surface area contributed by atoms with Gasteiger partial charge in [0.15, 0.2) is 5.75 Å². The lowest BCUT2D eigenvalue weighted by atomic mass is 9.94. The van der Waals surface area contributed by atoms with Gasteiger partial charge in [-0.3, -0.25) is 0 Å². The van der Waals surface area contributed by atoms with Crippen LogP contribution in [-0.2, 0) is 15.0 Å². The molecule has 7 heteroatoms. The van der Waals surface area contributed by atoms with Gasteiger partial charge >= 0.3 is 16.4 Å². The van der Waals surface area contributed by atoms with Crippen molar-refractivity contribution in [1.29, 1.82) is 0 Å². The molecule has 29 heavy (non-hydrogen) atoms. The summed E-state index contributed by atoms with van der Waals surface area (Å²) >= 11 is 0. The monoisotopic (exact) mass is 419 g/mol. The Balaban J connectivity index is 2.58. The van der Waals surface area contributed by atoms with Crippen molar-refractivity contribution in [2.75, 3.05) is 4.31 Å². The summed E-state index contributed by atoms with van der Waals surface area (Å²) in [6, 6.07) is 13.6. The number of rotatable bonds is 7. The summed E-state index contributed by atoms with van der Waals surface area (Å²) in [5.41, 5.74) is 1.65. The first kappa shape index (κ1) is 22.7. The maximum Gasteiger partial charge on any atom is 0.431 e. The smallest absolute Gasteiger partial charge is 0.431 e. The molecule has 0 fully saturated rings. The van der Waals surface area contributed by atoms with Gasteiger partial charge in [0.1, 0.15) is 0 Å². The van der Waals surface area contributed by atoms with Gasteiger partial charge in [-0.05, 0) is 48.9 Å². The number of carbonyl (C=O) groups is 1. The minimum absolute atomic E-state index is 0.0340. The minimum Gasteiger partial charge on any atom is -0.446 e. The van der Waals surface area contributed by atoms with Crippen LogP contribution in [0, 0.1) is 0 Å². The molecule has 0 N–H and O–H groups in total. The zero-order valence-corrected chi connectivity index (χ0v) is 18.6. The van der Waals surface area contributed by atoms with Crippen LogP contribution in [0.5, 0.6) is 5.75 Å². The molecule has 0 aliphatic heterocycles. The van der Waals surface area contributed by atoms with Gasteiger partial charge in [0.25, 0.3) is 0 Å². The summed E-state index contributed by atoms with van der Waals surface area (Å²) < 4.78 is 37.9. The molecule has 0 heterocycles. The van der Waals surface area contributed by atoms with Crippen LogP contribution in [0.2, 0.25) is 0 Å². The molecule has 0 spiro atoms. The third-order valence-corrected chi connectivity index (χ3v) is 5.41. The highest BCUT2D eigenvalue weighted by atomic mass is 32.2. The van der Waals surface area contributed by atoms with Gasteiger partial charge < -0.3 is 8.92 Å². The van der Waals surface area contributed by atoms with Gasteiger partial charge in [-0.2, -0.15) is 8.42 Å². The van der Waals surface area contributed by atoms with Crippen LogP contribution in [0.15, 0.2) is 48.5 Å². The molecular weight excluding hydrogens is 390 g/mol. The van der Waals surface area contributed by atoms with Crippen molar-refractivity contribution in [3.63, 3.8) is 0 Å². The van der Waals surface area contributed by atoms with Crippen molar-refractivity contribution in [3.05, 3.63) is 59.7 Å². The highest BCUT2D eigenvalue weighted by Gasteiger charge is 2.35. The number of para-hydroxylation sites is 2. The predicted molar refractivity (Wildman–Crippen MR) is 115 cm³/mol. The molecule has 0 bridgehead atoms. The second kappa shape index (κ2) is 9.31. The molecule has 0 radical (unpaired) electrons. The summed E-state index contributed by atoms with van der Waals surface area (Å²) in [5.74, 6) is 0.328. The second-order valence-electron chi connectivity index (χ2n) is 7.65. The first-order valence-electron chi connectivity index (χ1n) is 9.67. The largest absolute Gasteiger partial charge is 0.446 e. The highest BCUT2D eigenvalue weighted by molar-refractivity contribution is 7.89. The van der Waals surface area contributed by atoms with Crippen LogP contribution in [0.4, 0.5) is 10.5 Å². The summed E-state index contributed by atoms with van der Waals surface area (Å²) in [7, 11) is -4.53. The van der Waals surface area contributed by atoms with E-state index in [4.69, 9.17) is 8.92 Å². The lowest BCUT2D eigenvalue weighted by Crippen LogP contribution is -2.41. The molecule has 2 aromatic rings. The average Bonchev–Trinajstić information content (AvgIpc) is 2.61. The Morgan fingerprint density at radius 1 is 0.828 bits per heavy atom. The van der Waals surface area contributed by atoms with Gasteiger partial charge in [-0.1, -0.05) is 64.1 Å². The Kier molecular flexibility index (Phi) is 7.30. The van der Waals surface area contributed by atoms with Gasteiger partial charge in [-0.15, -0.1) is 4.31 Å². The molecule has 0 aromatic heterocycles. The first-order valence-corrected chi connectivity index (χ1v) is 11.0. The number of hydrogen-bond acceptors (Lipinski definition) is 5. The molecule has 0 saturated heterocycles. The van der Waals surface area contributed by atoms with Gasteiger partial charge in [-0.25, -0.2) is 4.79 Å². The third-order valence-electron chi connectivity index (χ3n) is 4.23. The lowest BCUT2D eigenvalue weighted by Gasteiger charge is -2.25. The van der Waals surface area contributed by atoms with E-state index in [1.54, 1.807) is 32.0 Å². The van der Waals surface area contributed by atoms with Crippen molar-refractivity contribution >= 4 is 22.1 Å². The maximum atomic E-state index is 13.3. The number of hydrogen-bond donors (Lipinski definition) is 0. The fourth-order valence-corrected chi connectivity index (χ4v) is 3.94. The Hall–Kier alpha value is -2.54. The van der Waals surface area contributed by atoms with Crippen molar-refractivity contribution < 1.29 is 22.1 Å². The SMILES string of the molecule is CC(C)OC(=O)N(c1ccccc1)S(=O)(=O)Oc1c(C(C)C)cccc1C(C)C. The Labute approximate surface area is 173 Å². The molecule has 0 saturated carbocycles. The predicted octanol–water partition coefficient (Wildman–Crippen LogP) is 5.61. The van der Waals surface area contributed by atoms with E-state index in [1.165, 1.54) is 12.1 Å². The number of ether oxygens (including phenoxy) is 1. The standard InChI is InChI=1S/C22H29NO5S/c1-15(2)19-13-10-14-20(16(3)4)21(19)28-29(25,26)23(22(24)27-17(5)6)18-11-8-7-9-12-18/h7-17H,1-6H3. The summed E-state index contributed by atoms with van der Waals surface area (Å²) in [6.07, 6.45) is -1.50.